The quantitative estimate of drug-likeness (QED) is 0.702. The molecule has 2 unspecified atom stereocenters. The number of methoxy groups -OCH3 is 1. The van der Waals surface area contributed by atoms with E-state index in [2.05, 4.69) is 15.8 Å². The van der Waals surface area contributed by atoms with Crippen LogP contribution in [-0.2, 0) is 22.6 Å². The van der Waals surface area contributed by atoms with Crippen LogP contribution in [-0.4, -0.2) is 36.4 Å². The van der Waals surface area contributed by atoms with Gasteiger partial charge >= 0.3 is 0 Å². The van der Waals surface area contributed by atoms with Gasteiger partial charge in [0.15, 0.2) is 5.76 Å². The summed E-state index contributed by atoms with van der Waals surface area (Å²) in [5.41, 5.74) is 1.50. The molecule has 7 heteroatoms. The average Bonchev–Trinajstić information content (AvgIpc) is 3.04. The number of anilines is 1. The summed E-state index contributed by atoms with van der Waals surface area (Å²) < 4.78 is 10.3. The zero-order valence-corrected chi connectivity index (χ0v) is 14.9. The molecule has 2 atom stereocenters. The van der Waals surface area contributed by atoms with Crippen LogP contribution in [0, 0.1) is 11.8 Å². The number of rotatable bonds is 7. The summed E-state index contributed by atoms with van der Waals surface area (Å²) >= 11 is 0. The van der Waals surface area contributed by atoms with Gasteiger partial charge in [-0.3, -0.25) is 4.79 Å². The van der Waals surface area contributed by atoms with Gasteiger partial charge in [-0.2, -0.15) is 0 Å². The van der Waals surface area contributed by atoms with E-state index in [4.69, 9.17) is 9.26 Å². The monoisotopic (exact) mass is 359 g/mol. The van der Waals surface area contributed by atoms with Crippen molar-refractivity contribution in [2.24, 2.45) is 11.8 Å². The van der Waals surface area contributed by atoms with Gasteiger partial charge < -0.3 is 25.0 Å². The molecule has 1 aromatic heterocycles. The molecule has 0 radical (unpaired) electrons. The second-order valence-corrected chi connectivity index (χ2v) is 6.74. The van der Waals surface area contributed by atoms with E-state index < -0.39 is 0 Å². The molecule has 2 heterocycles. The Balaban J connectivity index is 1.58. The van der Waals surface area contributed by atoms with Crippen molar-refractivity contribution in [2.75, 3.05) is 25.5 Å². The minimum absolute atomic E-state index is 0.0345. The summed E-state index contributed by atoms with van der Waals surface area (Å²) in [5, 5.41) is 19.9. The third kappa shape index (κ3) is 5.06. The SMILES string of the molecule is COCc1cc(CC2CNCCC2CC(=O)Nc2cccc(O)c2)no1. The van der Waals surface area contributed by atoms with E-state index in [-0.39, 0.29) is 17.6 Å². The van der Waals surface area contributed by atoms with Gasteiger partial charge in [0.2, 0.25) is 5.91 Å². The first-order valence-electron chi connectivity index (χ1n) is 8.87. The molecule has 3 rings (SSSR count). The fourth-order valence-corrected chi connectivity index (χ4v) is 3.45. The van der Waals surface area contributed by atoms with Crippen LogP contribution in [0.3, 0.4) is 0 Å². The predicted octanol–water partition coefficient (Wildman–Crippen LogP) is 2.32. The number of ether oxygens (including phenoxy) is 1. The average molecular weight is 359 g/mol. The lowest BCUT2D eigenvalue weighted by molar-refractivity contribution is -0.117. The third-order valence-electron chi connectivity index (χ3n) is 4.71. The number of carbonyl (C=O) groups is 1. The van der Waals surface area contributed by atoms with Gasteiger partial charge in [0.1, 0.15) is 12.4 Å². The molecule has 1 amide bonds. The Morgan fingerprint density at radius 3 is 3.12 bits per heavy atom. The van der Waals surface area contributed by atoms with Crippen LogP contribution in [0.1, 0.15) is 24.3 Å². The lowest BCUT2D eigenvalue weighted by Crippen LogP contribution is -2.39. The number of hydrogen-bond acceptors (Lipinski definition) is 6. The van der Waals surface area contributed by atoms with Crippen LogP contribution >= 0.6 is 0 Å². The Hall–Kier alpha value is -2.38. The smallest absolute Gasteiger partial charge is 0.224 e. The second-order valence-electron chi connectivity index (χ2n) is 6.74. The number of aromatic nitrogens is 1. The number of piperidine rings is 1. The minimum Gasteiger partial charge on any atom is -0.508 e. The van der Waals surface area contributed by atoms with E-state index in [9.17, 15) is 9.90 Å². The van der Waals surface area contributed by atoms with Crippen LogP contribution in [0.4, 0.5) is 5.69 Å². The molecule has 1 fully saturated rings. The van der Waals surface area contributed by atoms with Crippen LogP contribution in [0.25, 0.3) is 0 Å². The molecule has 1 aliphatic rings. The largest absolute Gasteiger partial charge is 0.508 e. The van der Waals surface area contributed by atoms with E-state index >= 15 is 0 Å². The number of aromatic hydroxyl groups is 1. The maximum Gasteiger partial charge on any atom is 0.224 e. The number of amides is 1. The summed E-state index contributed by atoms with van der Waals surface area (Å²) in [7, 11) is 1.62. The minimum atomic E-state index is -0.0345. The highest BCUT2D eigenvalue weighted by Gasteiger charge is 2.28. The number of phenols is 1. The highest BCUT2D eigenvalue weighted by molar-refractivity contribution is 5.91. The van der Waals surface area contributed by atoms with Crippen LogP contribution < -0.4 is 10.6 Å². The normalized spacial score (nSPS) is 20.0. The van der Waals surface area contributed by atoms with Gasteiger partial charge in [-0.15, -0.1) is 0 Å². The lowest BCUT2D eigenvalue weighted by atomic mass is 9.81. The molecule has 26 heavy (non-hydrogen) atoms. The van der Waals surface area contributed by atoms with Crippen molar-refractivity contribution in [3.63, 3.8) is 0 Å². The van der Waals surface area contributed by atoms with Gasteiger partial charge in [0.25, 0.3) is 0 Å². The van der Waals surface area contributed by atoms with E-state index in [1.54, 1.807) is 31.4 Å². The number of nitrogens with zero attached hydrogens (tertiary/aromatic N) is 1. The zero-order chi connectivity index (χ0) is 18.4. The van der Waals surface area contributed by atoms with Crippen molar-refractivity contribution in [2.45, 2.75) is 25.9 Å². The predicted molar refractivity (Wildman–Crippen MR) is 96.7 cm³/mol. The Morgan fingerprint density at radius 2 is 2.31 bits per heavy atom. The van der Waals surface area contributed by atoms with Gasteiger partial charge in [-0.05, 0) is 49.9 Å². The van der Waals surface area contributed by atoms with Gasteiger partial charge in [-0.25, -0.2) is 0 Å². The molecule has 1 aromatic carbocycles. The van der Waals surface area contributed by atoms with Crippen molar-refractivity contribution < 1.29 is 19.2 Å². The lowest BCUT2D eigenvalue weighted by Gasteiger charge is -2.31. The van der Waals surface area contributed by atoms with Crippen molar-refractivity contribution >= 4 is 11.6 Å². The van der Waals surface area contributed by atoms with Crippen molar-refractivity contribution in [3.8, 4) is 5.75 Å². The van der Waals surface area contributed by atoms with Crippen LogP contribution in [0.15, 0.2) is 34.9 Å². The summed E-state index contributed by atoms with van der Waals surface area (Å²) in [4.78, 5) is 12.4. The fourth-order valence-electron chi connectivity index (χ4n) is 3.45. The molecule has 0 aliphatic carbocycles. The molecule has 2 aromatic rings. The molecular formula is C19H25N3O4. The Labute approximate surface area is 152 Å². The first-order chi connectivity index (χ1) is 12.6. The maximum atomic E-state index is 12.4. The molecule has 0 bridgehead atoms. The first kappa shape index (κ1) is 18.4. The van der Waals surface area contributed by atoms with Crippen molar-refractivity contribution in [1.29, 1.82) is 0 Å². The molecule has 7 nitrogen and oxygen atoms in total. The summed E-state index contributed by atoms with van der Waals surface area (Å²) in [6.07, 6.45) is 2.16. The highest BCUT2D eigenvalue weighted by Crippen LogP contribution is 2.27. The summed E-state index contributed by atoms with van der Waals surface area (Å²) in [6, 6.07) is 8.52. The topological polar surface area (TPSA) is 96.6 Å². The van der Waals surface area contributed by atoms with Gasteiger partial charge in [-0.1, -0.05) is 11.2 Å². The van der Waals surface area contributed by atoms with Gasteiger partial charge in [0, 0.05) is 31.4 Å². The maximum absolute atomic E-state index is 12.4. The number of benzene rings is 1. The highest BCUT2D eigenvalue weighted by atomic mass is 16.5. The Bertz CT molecular complexity index is 731. The molecule has 3 N–H and O–H groups in total. The standard InChI is InChI=1S/C19H25N3O4/c1-25-12-18-10-16(22-26-18)7-14-11-20-6-5-13(14)8-19(24)21-15-3-2-4-17(23)9-15/h2-4,9-10,13-14,20,23H,5-8,11-12H2,1H3,(H,21,24). The van der Waals surface area contributed by atoms with E-state index in [1.807, 2.05) is 6.07 Å². The van der Waals surface area contributed by atoms with Crippen LogP contribution in [0.2, 0.25) is 0 Å². The second kappa shape index (κ2) is 8.82. The number of phenolic OH excluding ortho intramolecular Hbond substituents is 1. The fraction of sp³-hybridized carbons (Fsp3) is 0.474. The summed E-state index contributed by atoms with van der Waals surface area (Å²) in [5.74, 6) is 1.41. The number of nitrogens with one attached hydrogen (secondary N) is 2. The Kier molecular flexibility index (Phi) is 6.25. The van der Waals surface area contributed by atoms with E-state index in [1.165, 1.54) is 0 Å². The van der Waals surface area contributed by atoms with Crippen molar-refractivity contribution in [3.05, 3.63) is 41.8 Å². The van der Waals surface area contributed by atoms with Crippen molar-refractivity contribution in [1.82, 2.24) is 10.5 Å². The number of carbonyl (C=O) groups excluding carboxylic acids is 1. The molecular weight excluding hydrogens is 334 g/mol. The molecule has 1 aliphatic heterocycles. The van der Waals surface area contributed by atoms with Crippen LogP contribution in [0.5, 0.6) is 5.75 Å². The molecule has 140 valence electrons. The Morgan fingerprint density at radius 1 is 1.42 bits per heavy atom. The van der Waals surface area contributed by atoms with E-state index in [0.29, 0.717) is 30.4 Å². The van der Waals surface area contributed by atoms with E-state index in [0.717, 1.165) is 31.6 Å². The zero-order valence-electron chi connectivity index (χ0n) is 14.9. The third-order valence-corrected chi connectivity index (χ3v) is 4.71. The molecule has 1 saturated heterocycles. The first-order valence-corrected chi connectivity index (χ1v) is 8.87. The molecule has 0 saturated carbocycles. The number of hydrogen-bond donors (Lipinski definition) is 3. The molecule has 0 spiro atoms. The summed E-state index contributed by atoms with van der Waals surface area (Å²) in [6.45, 7) is 2.18. The van der Waals surface area contributed by atoms with Gasteiger partial charge in [0.05, 0.1) is 5.69 Å².